The highest BCUT2D eigenvalue weighted by atomic mass is 16.5. The maximum absolute atomic E-state index is 9.13. The number of benzene rings is 1. The van der Waals surface area contributed by atoms with Gasteiger partial charge < -0.3 is 14.4 Å². The highest BCUT2D eigenvalue weighted by Crippen LogP contribution is 2.24. The molecule has 0 aliphatic heterocycles. The Morgan fingerprint density at radius 2 is 2.00 bits per heavy atom. The zero-order valence-electron chi connectivity index (χ0n) is 10.8. The van der Waals surface area contributed by atoms with E-state index in [0.29, 0.717) is 6.61 Å². The van der Waals surface area contributed by atoms with Gasteiger partial charge in [-0.05, 0) is 30.5 Å². The number of aliphatic hydroxyl groups is 1. The summed E-state index contributed by atoms with van der Waals surface area (Å²) in [6.45, 7) is 5.45. The average Bonchev–Trinajstić information content (AvgIpc) is 2.85. The molecule has 0 radical (unpaired) electrons. The van der Waals surface area contributed by atoms with Gasteiger partial charge in [-0.25, -0.2) is 4.98 Å². The first kappa shape index (κ1) is 12.6. The number of aromatic nitrogens is 2. The lowest BCUT2D eigenvalue weighted by molar-refractivity contribution is 0.279. The first-order valence-electron chi connectivity index (χ1n) is 6.00. The number of hydrogen-bond acceptors (Lipinski definition) is 3. The summed E-state index contributed by atoms with van der Waals surface area (Å²) in [5.74, 6) is 0.910. The van der Waals surface area contributed by atoms with Gasteiger partial charge in [0, 0.05) is 12.4 Å². The monoisotopic (exact) mass is 246 g/mol. The predicted molar refractivity (Wildman–Crippen MR) is 69.6 cm³/mol. The molecule has 4 heteroatoms. The average molecular weight is 246 g/mol. The van der Waals surface area contributed by atoms with Crippen molar-refractivity contribution >= 4 is 0 Å². The van der Waals surface area contributed by atoms with Crippen LogP contribution in [-0.2, 0) is 13.2 Å². The Labute approximate surface area is 107 Å². The third-order valence-electron chi connectivity index (χ3n) is 2.86. The Morgan fingerprint density at radius 3 is 2.56 bits per heavy atom. The largest absolute Gasteiger partial charge is 0.491 e. The summed E-state index contributed by atoms with van der Waals surface area (Å²) in [6.07, 6.45) is 5.45. The molecule has 2 aromatic rings. The van der Waals surface area contributed by atoms with Crippen molar-refractivity contribution in [2.45, 2.75) is 27.0 Å². The van der Waals surface area contributed by atoms with E-state index >= 15 is 0 Å². The molecule has 2 rings (SSSR count). The summed E-state index contributed by atoms with van der Waals surface area (Å²) >= 11 is 0. The van der Waals surface area contributed by atoms with Gasteiger partial charge in [0.05, 0.1) is 19.5 Å². The molecule has 96 valence electrons. The number of rotatable bonds is 5. The summed E-state index contributed by atoms with van der Waals surface area (Å²) in [5.41, 5.74) is 3.04. The minimum absolute atomic E-state index is 0.0665. The van der Waals surface area contributed by atoms with Crippen molar-refractivity contribution < 1.29 is 9.84 Å². The fraction of sp³-hybridized carbons (Fsp3) is 0.357. The molecule has 0 amide bonds. The van der Waals surface area contributed by atoms with E-state index in [1.807, 2.05) is 36.7 Å². The Hall–Kier alpha value is -1.81. The van der Waals surface area contributed by atoms with E-state index in [9.17, 15) is 0 Å². The quantitative estimate of drug-likeness (QED) is 0.878. The van der Waals surface area contributed by atoms with Gasteiger partial charge in [-0.3, -0.25) is 0 Å². The van der Waals surface area contributed by atoms with Crippen LogP contribution in [0.1, 0.15) is 16.7 Å². The number of nitrogens with zero attached hydrogens (tertiary/aromatic N) is 2. The van der Waals surface area contributed by atoms with Crippen LogP contribution in [0.25, 0.3) is 0 Å². The third kappa shape index (κ3) is 2.90. The molecule has 0 saturated heterocycles. The summed E-state index contributed by atoms with van der Waals surface area (Å²) in [6, 6.07) is 3.92. The highest BCUT2D eigenvalue weighted by Gasteiger charge is 2.06. The molecular weight excluding hydrogens is 228 g/mol. The summed E-state index contributed by atoms with van der Waals surface area (Å²) in [4.78, 5) is 3.99. The van der Waals surface area contributed by atoms with Crippen LogP contribution in [-0.4, -0.2) is 21.3 Å². The van der Waals surface area contributed by atoms with Crippen molar-refractivity contribution in [3.05, 3.63) is 47.5 Å². The molecule has 0 unspecified atom stereocenters. The molecule has 0 aliphatic carbocycles. The second-order valence-electron chi connectivity index (χ2n) is 4.37. The van der Waals surface area contributed by atoms with Crippen LogP contribution >= 0.6 is 0 Å². The fourth-order valence-electron chi connectivity index (χ4n) is 2.03. The minimum Gasteiger partial charge on any atom is -0.491 e. The molecule has 4 nitrogen and oxygen atoms in total. The van der Waals surface area contributed by atoms with E-state index in [0.717, 1.165) is 29.0 Å². The van der Waals surface area contributed by atoms with Crippen LogP contribution in [0.3, 0.4) is 0 Å². The highest BCUT2D eigenvalue weighted by molar-refractivity contribution is 5.43. The molecule has 0 atom stereocenters. The van der Waals surface area contributed by atoms with Crippen molar-refractivity contribution in [3.63, 3.8) is 0 Å². The molecule has 0 bridgehead atoms. The lowest BCUT2D eigenvalue weighted by Crippen LogP contribution is -2.08. The maximum atomic E-state index is 9.13. The number of aryl methyl sites for hydroxylation is 2. The second-order valence-corrected chi connectivity index (χ2v) is 4.37. The van der Waals surface area contributed by atoms with Gasteiger partial charge in [-0.1, -0.05) is 12.1 Å². The van der Waals surface area contributed by atoms with Gasteiger partial charge in [-0.15, -0.1) is 0 Å². The fourth-order valence-corrected chi connectivity index (χ4v) is 2.03. The molecule has 1 aromatic carbocycles. The van der Waals surface area contributed by atoms with Crippen LogP contribution < -0.4 is 4.74 Å². The number of hydrogen-bond donors (Lipinski definition) is 1. The molecule has 1 heterocycles. The van der Waals surface area contributed by atoms with E-state index in [2.05, 4.69) is 4.98 Å². The summed E-state index contributed by atoms with van der Waals surface area (Å²) in [5, 5.41) is 9.13. The lowest BCUT2D eigenvalue weighted by Gasteiger charge is -2.13. The van der Waals surface area contributed by atoms with Crippen LogP contribution in [0.4, 0.5) is 0 Å². The van der Waals surface area contributed by atoms with Crippen molar-refractivity contribution in [3.8, 4) is 5.75 Å². The smallest absolute Gasteiger partial charge is 0.125 e. The molecular formula is C14H18N2O2. The molecule has 1 N–H and O–H groups in total. The SMILES string of the molecule is Cc1cc(CO)cc(C)c1OCCn1ccnc1. The van der Waals surface area contributed by atoms with Crippen LogP contribution in [0.5, 0.6) is 5.75 Å². The van der Waals surface area contributed by atoms with Gasteiger partial charge in [0.1, 0.15) is 12.4 Å². The van der Waals surface area contributed by atoms with Crippen molar-refractivity contribution in [1.82, 2.24) is 9.55 Å². The second kappa shape index (κ2) is 5.69. The van der Waals surface area contributed by atoms with E-state index in [-0.39, 0.29) is 6.61 Å². The predicted octanol–water partition coefficient (Wildman–Crippen LogP) is 2.07. The Bertz CT molecular complexity index is 484. The van der Waals surface area contributed by atoms with E-state index < -0.39 is 0 Å². The molecule has 0 spiro atoms. The van der Waals surface area contributed by atoms with Crippen molar-refractivity contribution in [2.24, 2.45) is 0 Å². The minimum atomic E-state index is 0.0665. The number of imidazole rings is 1. The first-order chi connectivity index (χ1) is 8.70. The zero-order chi connectivity index (χ0) is 13.0. The molecule has 0 saturated carbocycles. The zero-order valence-corrected chi connectivity index (χ0v) is 10.8. The van der Waals surface area contributed by atoms with Gasteiger partial charge in [0.15, 0.2) is 0 Å². The van der Waals surface area contributed by atoms with Gasteiger partial charge in [0.2, 0.25) is 0 Å². The molecule has 0 aliphatic rings. The Kier molecular flexibility index (Phi) is 3.99. The van der Waals surface area contributed by atoms with Gasteiger partial charge in [-0.2, -0.15) is 0 Å². The first-order valence-corrected chi connectivity index (χ1v) is 6.00. The standard InChI is InChI=1S/C14H18N2O2/c1-11-7-13(9-17)8-12(2)14(11)18-6-5-16-4-3-15-10-16/h3-4,7-8,10,17H,5-6,9H2,1-2H3. The van der Waals surface area contributed by atoms with E-state index in [1.54, 1.807) is 12.5 Å². The van der Waals surface area contributed by atoms with Crippen molar-refractivity contribution in [2.75, 3.05) is 6.61 Å². The van der Waals surface area contributed by atoms with E-state index in [1.165, 1.54) is 0 Å². The van der Waals surface area contributed by atoms with Crippen LogP contribution in [0.2, 0.25) is 0 Å². The Morgan fingerprint density at radius 1 is 1.28 bits per heavy atom. The normalized spacial score (nSPS) is 10.6. The third-order valence-corrected chi connectivity index (χ3v) is 2.86. The topological polar surface area (TPSA) is 47.3 Å². The van der Waals surface area contributed by atoms with Crippen LogP contribution in [0.15, 0.2) is 30.9 Å². The number of aliphatic hydroxyl groups excluding tert-OH is 1. The summed E-state index contributed by atoms with van der Waals surface area (Å²) in [7, 11) is 0. The van der Waals surface area contributed by atoms with E-state index in [4.69, 9.17) is 9.84 Å². The van der Waals surface area contributed by atoms with Gasteiger partial charge >= 0.3 is 0 Å². The Balaban J connectivity index is 2.01. The number of ether oxygens (including phenoxy) is 1. The lowest BCUT2D eigenvalue weighted by atomic mass is 10.1. The maximum Gasteiger partial charge on any atom is 0.125 e. The molecule has 0 fully saturated rings. The molecule has 18 heavy (non-hydrogen) atoms. The molecule has 1 aromatic heterocycles. The van der Waals surface area contributed by atoms with Crippen molar-refractivity contribution in [1.29, 1.82) is 0 Å². The summed E-state index contributed by atoms with van der Waals surface area (Å²) < 4.78 is 7.79. The van der Waals surface area contributed by atoms with Crippen LogP contribution in [0, 0.1) is 13.8 Å². The van der Waals surface area contributed by atoms with Gasteiger partial charge in [0.25, 0.3) is 0 Å².